The van der Waals surface area contributed by atoms with Crippen molar-refractivity contribution in [3.05, 3.63) is 66.7 Å². The highest BCUT2D eigenvalue weighted by atomic mass is 32.2. The van der Waals surface area contributed by atoms with Crippen LogP contribution in [-0.4, -0.2) is 103 Å². The number of nitrogens with one attached hydrogen (secondary N) is 2. The molecule has 2 aliphatic heterocycles. The van der Waals surface area contributed by atoms with Crippen molar-refractivity contribution in [2.24, 2.45) is 23.2 Å². The van der Waals surface area contributed by atoms with Gasteiger partial charge in [-0.15, -0.1) is 6.58 Å². The van der Waals surface area contributed by atoms with Gasteiger partial charge in [-0.05, 0) is 56.6 Å². The van der Waals surface area contributed by atoms with Crippen molar-refractivity contribution in [3.8, 4) is 22.8 Å². The first-order valence-electron chi connectivity index (χ1n) is 21.0. The fraction of sp³-hybridized carbons (Fsp3) is 0.533. The number of amides is 4. The zero-order valence-corrected chi connectivity index (χ0v) is 36.4. The number of pyridine rings is 1. The van der Waals surface area contributed by atoms with Crippen molar-refractivity contribution in [3.63, 3.8) is 0 Å². The number of fused-ring (bicyclic) bond motifs is 1. The van der Waals surface area contributed by atoms with Crippen LogP contribution in [0.3, 0.4) is 0 Å². The lowest BCUT2D eigenvalue weighted by molar-refractivity contribution is -0.186. The molecule has 3 heterocycles. The number of hydrogen-bond acceptors (Lipinski definition) is 9. The van der Waals surface area contributed by atoms with E-state index in [2.05, 4.69) is 16.6 Å². The van der Waals surface area contributed by atoms with E-state index in [1.165, 1.54) is 15.9 Å². The van der Waals surface area contributed by atoms with Gasteiger partial charge in [0.05, 0.1) is 42.0 Å². The summed E-state index contributed by atoms with van der Waals surface area (Å²) in [6.07, 6.45) is -3.57. The molecule has 2 N–H and O–H groups in total. The van der Waals surface area contributed by atoms with Gasteiger partial charge in [-0.1, -0.05) is 57.2 Å². The number of aromatic nitrogens is 1. The van der Waals surface area contributed by atoms with Gasteiger partial charge in [-0.3, -0.25) is 23.9 Å². The molecule has 17 heteroatoms. The Kier molecular flexibility index (Phi) is 12.2. The molecule has 3 aromatic rings. The molecule has 1 aromatic heterocycles. The fourth-order valence-corrected chi connectivity index (χ4v) is 10.1. The second-order valence-corrected chi connectivity index (χ2v) is 20.1. The standard InChI is InChI=1S/C45H54F3N5O8S/c1-7-28-24-44(28,42(57)51-62(58,59)31-13-14-31)50-40(55)35-21-30(61-37-23-34(27-11-9-8-10-12-27)49-39-26(2)36(60-6)16-15-32(37)39)25-53(35)41(56)33(43(3,4)5)22-38(54)52-19-17-29(18-20-52)45(46,47)48/h7-12,15-16,23,28-31,33,35H,1,13-14,17-22,24-25H2,2-6H3,(H,50,55)(H,51,57)/t28?,30-,33?,35+,44-/m1/s1. The third-order valence-electron chi connectivity index (χ3n) is 12.9. The van der Waals surface area contributed by atoms with Crippen LogP contribution in [0.25, 0.3) is 22.2 Å². The molecule has 0 radical (unpaired) electrons. The van der Waals surface area contributed by atoms with E-state index < -0.39 is 85.9 Å². The van der Waals surface area contributed by atoms with E-state index >= 15 is 0 Å². The number of halogens is 3. The number of methoxy groups -OCH3 is 1. The molecule has 0 spiro atoms. The van der Waals surface area contributed by atoms with E-state index in [4.69, 9.17) is 14.5 Å². The van der Waals surface area contributed by atoms with Crippen LogP contribution in [0, 0.1) is 30.1 Å². The number of carbonyl (C=O) groups excluding carboxylic acids is 4. The first kappa shape index (κ1) is 44.9. The molecule has 4 amide bonds. The Hall–Kier alpha value is -5.19. The van der Waals surface area contributed by atoms with E-state index in [0.717, 1.165) is 11.1 Å². The maximum absolute atomic E-state index is 15.0. The number of ether oxygens (including phenoxy) is 2. The van der Waals surface area contributed by atoms with Crippen molar-refractivity contribution in [2.75, 3.05) is 26.7 Å². The monoisotopic (exact) mass is 881 g/mol. The van der Waals surface area contributed by atoms with Crippen molar-refractivity contribution < 1.29 is 50.2 Å². The van der Waals surface area contributed by atoms with Crippen molar-refractivity contribution >= 4 is 44.6 Å². The number of nitrogens with zero attached hydrogens (tertiary/aromatic N) is 3. The topological polar surface area (TPSA) is 164 Å². The molecule has 4 aliphatic rings. The van der Waals surface area contributed by atoms with Crippen LogP contribution < -0.4 is 19.5 Å². The number of benzene rings is 2. The quantitative estimate of drug-likeness (QED) is 0.194. The molecule has 7 rings (SSSR count). The Morgan fingerprint density at radius 3 is 2.27 bits per heavy atom. The molecule has 2 saturated heterocycles. The van der Waals surface area contributed by atoms with Gasteiger partial charge in [-0.2, -0.15) is 13.2 Å². The van der Waals surface area contributed by atoms with Crippen LogP contribution in [0.15, 0.2) is 61.2 Å². The third-order valence-corrected chi connectivity index (χ3v) is 14.7. The predicted octanol–water partition coefficient (Wildman–Crippen LogP) is 6.09. The summed E-state index contributed by atoms with van der Waals surface area (Å²) in [5, 5.41) is 2.77. The molecule has 5 atom stereocenters. The van der Waals surface area contributed by atoms with E-state index in [0.29, 0.717) is 40.9 Å². The van der Waals surface area contributed by atoms with Crippen molar-refractivity contribution in [1.29, 1.82) is 0 Å². The van der Waals surface area contributed by atoms with Crippen LogP contribution in [0.1, 0.15) is 71.3 Å². The minimum atomic E-state index is -4.36. The molecular weight excluding hydrogens is 828 g/mol. The molecule has 2 aromatic carbocycles. The van der Waals surface area contributed by atoms with Gasteiger partial charge in [0, 0.05) is 54.4 Å². The summed E-state index contributed by atoms with van der Waals surface area (Å²) in [5.74, 6) is -4.67. The first-order chi connectivity index (χ1) is 29.2. The van der Waals surface area contributed by atoms with Crippen LogP contribution in [-0.2, 0) is 29.2 Å². The lowest BCUT2D eigenvalue weighted by atomic mass is 9.77. The zero-order valence-electron chi connectivity index (χ0n) is 35.6. The maximum Gasteiger partial charge on any atom is 0.391 e. The molecule has 334 valence electrons. The van der Waals surface area contributed by atoms with Gasteiger partial charge in [-0.25, -0.2) is 13.4 Å². The largest absolute Gasteiger partial charge is 0.496 e. The molecule has 62 heavy (non-hydrogen) atoms. The molecule has 0 bridgehead atoms. The van der Waals surface area contributed by atoms with Gasteiger partial charge < -0.3 is 24.6 Å². The smallest absolute Gasteiger partial charge is 0.391 e. The van der Waals surface area contributed by atoms with E-state index in [9.17, 15) is 40.8 Å². The molecule has 2 unspecified atom stereocenters. The summed E-state index contributed by atoms with van der Waals surface area (Å²) in [7, 11) is -2.40. The third kappa shape index (κ3) is 9.13. The summed E-state index contributed by atoms with van der Waals surface area (Å²) < 4.78 is 80.5. The summed E-state index contributed by atoms with van der Waals surface area (Å²) in [6.45, 7) is 10.7. The van der Waals surface area contributed by atoms with Gasteiger partial charge >= 0.3 is 6.18 Å². The number of rotatable bonds is 13. The maximum atomic E-state index is 15.0. The van der Waals surface area contributed by atoms with Gasteiger partial charge in [0.25, 0.3) is 5.91 Å². The Morgan fingerprint density at radius 1 is 1.02 bits per heavy atom. The van der Waals surface area contributed by atoms with Crippen molar-refractivity contribution in [2.45, 2.75) is 102 Å². The molecular formula is C45H54F3N5O8S. The summed E-state index contributed by atoms with van der Waals surface area (Å²) >= 11 is 0. The van der Waals surface area contributed by atoms with E-state index in [1.807, 2.05) is 43.3 Å². The first-order valence-corrected chi connectivity index (χ1v) is 22.6. The Labute approximate surface area is 359 Å². The van der Waals surface area contributed by atoms with E-state index in [1.54, 1.807) is 40.0 Å². The number of aryl methyl sites for hydroxylation is 1. The SMILES string of the molecule is C=CC1C[C@]1(NC(=O)[C@@H]1C[C@@H](Oc2cc(-c3ccccc3)nc3c(C)c(OC)ccc23)CN1C(=O)C(CC(=O)N1CCC(C(F)(F)F)CC1)C(C)(C)C)C(=O)NS(=O)(=O)C1CC1. The molecule has 13 nitrogen and oxygen atoms in total. The normalized spacial score (nSPS) is 23.7. The minimum Gasteiger partial charge on any atom is -0.496 e. The number of carbonyl (C=O) groups is 4. The summed E-state index contributed by atoms with van der Waals surface area (Å²) in [5.41, 5.74) is 0.331. The van der Waals surface area contributed by atoms with Crippen LogP contribution in [0.5, 0.6) is 11.5 Å². The van der Waals surface area contributed by atoms with E-state index in [-0.39, 0.29) is 51.7 Å². The number of likely N-dealkylation sites (tertiary alicyclic amines) is 2. The Morgan fingerprint density at radius 2 is 1.69 bits per heavy atom. The highest BCUT2D eigenvalue weighted by Crippen LogP contribution is 2.46. The number of piperidine rings is 1. The number of alkyl halides is 3. The average molecular weight is 882 g/mol. The van der Waals surface area contributed by atoms with Crippen LogP contribution in [0.2, 0.25) is 0 Å². The Bertz CT molecular complexity index is 2360. The predicted molar refractivity (Wildman–Crippen MR) is 225 cm³/mol. The molecule has 4 fully saturated rings. The van der Waals surface area contributed by atoms with Crippen LogP contribution >= 0.6 is 0 Å². The second-order valence-electron chi connectivity index (χ2n) is 18.1. The van der Waals surface area contributed by atoms with Crippen molar-refractivity contribution in [1.82, 2.24) is 24.8 Å². The number of sulfonamides is 1. The molecule has 2 saturated carbocycles. The summed E-state index contributed by atoms with van der Waals surface area (Å²) in [4.78, 5) is 64.7. The summed E-state index contributed by atoms with van der Waals surface area (Å²) in [6, 6.07) is 13.7. The lowest BCUT2D eigenvalue weighted by Crippen LogP contribution is -2.57. The zero-order chi connectivity index (χ0) is 44.9. The molecule has 2 aliphatic carbocycles. The average Bonchev–Trinajstić information content (AvgIpc) is 4.16. The van der Waals surface area contributed by atoms with Gasteiger partial charge in [0.15, 0.2) is 0 Å². The van der Waals surface area contributed by atoms with Crippen LogP contribution in [0.4, 0.5) is 13.2 Å². The van der Waals surface area contributed by atoms with Gasteiger partial charge in [0.2, 0.25) is 27.7 Å². The lowest BCUT2D eigenvalue weighted by Gasteiger charge is -2.37. The minimum absolute atomic E-state index is 0.0379. The highest BCUT2D eigenvalue weighted by molar-refractivity contribution is 7.91. The second kappa shape index (κ2) is 16.8. The highest BCUT2D eigenvalue weighted by Gasteiger charge is 2.62. The fourth-order valence-electron chi connectivity index (χ4n) is 8.75. The Balaban J connectivity index is 1.21. The van der Waals surface area contributed by atoms with Gasteiger partial charge in [0.1, 0.15) is 29.2 Å². The number of hydrogen-bond donors (Lipinski definition) is 2.